The van der Waals surface area contributed by atoms with Gasteiger partial charge in [-0.2, -0.15) is 0 Å². The first-order valence-corrected chi connectivity index (χ1v) is 6.85. The van der Waals surface area contributed by atoms with Crippen molar-refractivity contribution < 1.29 is 9.59 Å². The summed E-state index contributed by atoms with van der Waals surface area (Å²) in [4.78, 5) is 25.7. The molecule has 1 N–H and O–H groups in total. The van der Waals surface area contributed by atoms with Gasteiger partial charge >= 0.3 is 0 Å². The maximum absolute atomic E-state index is 12.5. The van der Waals surface area contributed by atoms with Crippen molar-refractivity contribution >= 4 is 11.8 Å². The van der Waals surface area contributed by atoms with E-state index in [1.807, 2.05) is 35.2 Å². The molecule has 1 saturated carbocycles. The number of benzene rings is 1. The molecule has 1 aliphatic heterocycles. The van der Waals surface area contributed by atoms with Gasteiger partial charge < -0.3 is 10.2 Å². The molecule has 0 bridgehead atoms. The zero-order valence-electron chi connectivity index (χ0n) is 10.8. The first-order valence-electron chi connectivity index (χ1n) is 6.85. The SMILES string of the molecule is O=C1CC(C(=O)N(Cc2ccccc2)C2CC2)CN1. The predicted octanol–water partition coefficient (Wildman–Crippen LogP) is 1.31. The molecular formula is C15H18N2O2. The highest BCUT2D eigenvalue weighted by Crippen LogP contribution is 2.30. The minimum Gasteiger partial charge on any atom is -0.355 e. The van der Waals surface area contributed by atoms with Gasteiger partial charge in [-0.25, -0.2) is 0 Å². The number of hydrogen-bond donors (Lipinski definition) is 1. The summed E-state index contributed by atoms with van der Waals surface area (Å²) in [6, 6.07) is 10.4. The number of amides is 2. The van der Waals surface area contributed by atoms with E-state index < -0.39 is 0 Å². The van der Waals surface area contributed by atoms with E-state index in [1.54, 1.807) is 0 Å². The lowest BCUT2D eigenvalue weighted by Gasteiger charge is -2.25. The Labute approximate surface area is 112 Å². The summed E-state index contributed by atoms with van der Waals surface area (Å²) >= 11 is 0. The maximum Gasteiger partial charge on any atom is 0.228 e. The van der Waals surface area contributed by atoms with Gasteiger partial charge in [0.2, 0.25) is 11.8 Å². The van der Waals surface area contributed by atoms with Gasteiger partial charge in [-0.1, -0.05) is 30.3 Å². The standard InChI is InChI=1S/C15H18N2O2/c18-14-8-12(9-16-14)15(19)17(13-6-7-13)10-11-4-2-1-3-5-11/h1-5,12-13H,6-10H2,(H,16,18). The number of carbonyl (C=O) groups is 2. The third kappa shape index (κ3) is 2.78. The van der Waals surface area contributed by atoms with Crippen LogP contribution in [0, 0.1) is 5.92 Å². The monoisotopic (exact) mass is 258 g/mol. The molecule has 1 atom stereocenters. The predicted molar refractivity (Wildman–Crippen MR) is 71.1 cm³/mol. The molecule has 1 heterocycles. The van der Waals surface area contributed by atoms with Crippen LogP contribution >= 0.6 is 0 Å². The molecule has 1 aromatic carbocycles. The van der Waals surface area contributed by atoms with E-state index in [9.17, 15) is 9.59 Å². The summed E-state index contributed by atoms with van der Waals surface area (Å²) in [7, 11) is 0. The molecule has 3 rings (SSSR count). The van der Waals surface area contributed by atoms with Crippen LogP contribution in [0.4, 0.5) is 0 Å². The first kappa shape index (κ1) is 12.2. The van der Waals surface area contributed by atoms with Crippen LogP contribution in [0.5, 0.6) is 0 Å². The average molecular weight is 258 g/mol. The Kier molecular flexibility index (Phi) is 3.23. The van der Waals surface area contributed by atoms with Gasteiger partial charge in [0, 0.05) is 25.6 Å². The molecule has 1 aliphatic carbocycles. The third-order valence-corrected chi connectivity index (χ3v) is 3.79. The quantitative estimate of drug-likeness (QED) is 0.885. The Balaban J connectivity index is 1.70. The second-order valence-corrected chi connectivity index (χ2v) is 5.39. The first-order chi connectivity index (χ1) is 9.24. The minimum atomic E-state index is -0.170. The molecule has 4 nitrogen and oxygen atoms in total. The normalized spacial score (nSPS) is 22.1. The number of nitrogens with one attached hydrogen (secondary N) is 1. The molecule has 0 spiro atoms. The van der Waals surface area contributed by atoms with E-state index in [4.69, 9.17) is 0 Å². The lowest BCUT2D eigenvalue weighted by molar-refractivity contribution is -0.137. The van der Waals surface area contributed by atoms with Gasteiger partial charge in [-0.3, -0.25) is 9.59 Å². The molecule has 0 aromatic heterocycles. The molecule has 19 heavy (non-hydrogen) atoms. The molecule has 2 aliphatic rings. The van der Waals surface area contributed by atoms with E-state index in [-0.39, 0.29) is 17.7 Å². The summed E-state index contributed by atoms with van der Waals surface area (Å²) in [5, 5.41) is 2.74. The molecular weight excluding hydrogens is 240 g/mol. The molecule has 100 valence electrons. The van der Waals surface area contributed by atoms with E-state index in [1.165, 1.54) is 0 Å². The van der Waals surface area contributed by atoms with Crippen LogP contribution in [0.1, 0.15) is 24.8 Å². The van der Waals surface area contributed by atoms with Crippen LogP contribution in [0.2, 0.25) is 0 Å². The summed E-state index contributed by atoms with van der Waals surface area (Å²) in [5.41, 5.74) is 1.15. The third-order valence-electron chi connectivity index (χ3n) is 3.79. The second-order valence-electron chi connectivity index (χ2n) is 5.39. The van der Waals surface area contributed by atoms with Crippen LogP contribution < -0.4 is 5.32 Å². The fourth-order valence-electron chi connectivity index (χ4n) is 2.57. The Morgan fingerprint density at radius 2 is 2.00 bits per heavy atom. The Hall–Kier alpha value is -1.84. The van der Waals surface area contributed by atoms with Gasteiger partial charge in [0.05, 0.1) is 5.92 Å². The topological polar surface area (TPSA) is 49.4 Å². The van der Waals surface area contributed by atoms with Crippen LogP contribution in [0.3, 0.4) is 0 Å². The van der Waals surface area contributed by atoms with Crippen molar-refractivity contribution in [3.05, 3.63) is 35.9 Å². The Morgan fingerprint density at radius 1 is 1.26 bits per heavy atom. The van der Waals surface area contributed by atoms with Crippen molar-refractivity contribution in [1.29, 1.82) is 0 Å². The molecule has 1 aromatic rings. The zero-order chi connectivity index (χ0) is 13.2. The van der Waals surface area contributed by atoms with Crippen molar-refractivity contribution in [2.75, 3.05) is 6.54 Å². The number of hydrogen-bond acceptors (Lipinski definition) is 2. The average Bonchev–Trinajstić information content (AvgIpc) is 3.18. The highest BCUT2D eigenvalue weighted by atomic mass is 16.2. The van der Waals surface area contributed by atoms with Crippen molar-refractivity contribution in [2.24, 2.45) is 5.92 Å². The molecule has 2 amide bonds. The molecule has 2 fully saturated rings. The van der Waals surface area contributed by atoms with Gasteiger partial charge in [0.1, 0.15) is 0 Å². The van der Waals surface area contributed by atoms with Crippen LogP contribution in [-0.4, -0.2) is 29.3 Å². The highest BCUT2D eigenvalue weighted by molar-refractivity contribution is 5.89. The number of nitrogens with zero attached hydrogens (tertiary/aromatic N) is 1. The smallest absolute Gasteiger partial charge is 0.228 e. The Bertz CT molecular complexity index is 482. The fourth-order valence-corrected chi connectivity index (χ4v) is 2.57. The highest BCUT2D eigenvalue weighted by Gasteiger charge is 2.38. The van der Waals surface area contributed by atoms with Gasteiger partial charge in [-0.05, 0) is 18.4 Å². The summed E-state index contributed by atoms with van der Waals surface area (Å²) in [6.07, 6.45) is 2.52. The summed E-state index contributed by atoms with van der Waals surface area (Å²) in [6.45, 7) is 1.16. The Morgan fingerprint density at radius 3 is 2.58 bits per heavy atom. The number of rotatable bonds is 4. The van der Waals surface area contributed by atoms with Crippen molar-refractivity contribution in [3.63, 3.8) is 0 Å². The molecule has 1 unspecified atom stereocenters. The molecule has 0 radical (unpaired) electrons. The van der Waals surface area contributed by atoms with Crippen molar-refractivity contribution in [1.82, 2.24) is 10.2 Å². The molecule has 4 heteroatoms. The molecule has 1 saturated heterocycles. The summed E-state index contributed by atoms with van der Waals surface area (Å²) < 4.78 is 0. The van der Waals surface area contributed by atoms with E-state index in [0.29, 0.717) is 25.6 Å². The van der Waals surface area contributed by atoms with Crippen LogP contribution in [0.25, 0.3) is 0 Å². The van der Waals surface area contributed by atoms with E-state index >= 15 is 0 Å². The fraction of sp³-hybridized carbons (Fsp3) is 0.467. The van der Waals surface area contributed by atoms with Gasteiger partial charge in [0.15, 0.2) is 0 Å². The second kappa shape index (κ2) is 5.03. The van der Waals surface area contributed by atoms with Crippen molar-refractivity contribution in [3.8, 4) is 0 Å². The van der Waals surface area contributed by atoms with E-state index in [2.05, 4.69) is 5.32 Å². The summed E-state index contributed by atoms with van der Waals surface area (Å²) in [5.74, 6) is -0.0460. The van der Waals surface area contributed by atoms with Crippen LogP contribution in [0.15, 0.2) is 30.3 Å². The van der Waals surface area contributed by atoms with Gasteiger partial charge in [-0.15, -0.1) is 0 Å². The van der Waals surface area contributed by atoms with Gasteiger partial charge in [0.25, 0.3) is 0 Å². The maximum atomic E-state index is 12.5. The van der Waals surface area contributed by atoms with E-state index in [0.717, 1.165) is 18.4 Å². The lowest BCUT2D eigenvalue weighted by Crippen LogP contribution is -2.38. The minimum absolute atomic E-state index is 0.00573. The van der Waals surface area contributed by atoms with Crippen LogP contribution in [-0.2, 0) is 16.1 Å². The largest absolute Gasteiger partial charge is 0.355 e. The zero-order valence-corrected chi connectivity index (χ0v) is 10.8. The number of carbonyl (C=O) groups excluding carboxylic acids is 2. The lowest BCUT2D eigenvalue weighted by atomic mass is 10.1. The van der Waals surface area contributed by atoms with Crippen molar-refractivity contribution in [2.45, 2.75) is 31.8 Å².